The minimum absolute atomic E-state index is 0.0905. The Labute approximate surface area is 117 Å². The van der Waals surface area contributed by atoms with Gasteiger partial charge < -0.3 is 10.5 Å². The molecule has 0 bridgehead atoms. The number of nitrogens with one attached hydrogen (secondary N) is 2. The molecule has 10 heteroatoms. The highest BCUT2D eigenvalue weighted by molar-refractivity contribution is 7.87. The van der Waals surface area contributed by atoms with Crippen LogP contribution in [0.15, 0.2) is 0 Å². The predicted octanol–water partition coefficient (Wildman–Crippen LogP) is -1.16. The topological polar surface area (TPSA) is 114 Å². The quantitative estimate of drug-likeness (QED) is 0.333. The van der Waals surface area contributed by atoms with Gasteiger partial charge in [-0.25, -0.2) is 0 Å². The van der Waals surface area contributed by atoms with E-state index in [1.165, 1.54) is 4.31 Å². The summed E-state index contributed by atoms with van der Waals surface area (Å²) in [6.07, 6.45) is 1.21. The summed E-state index contributed by atoms with van der Waals surface area (Å²) in [4.78, 5) is 13.7. The number of carbonyl (C=O) groups is 1. The van der Waals surface area contributed by atoms with Crippen LogP contribution in [-0.2, 0) is 19.7 Å². The number of hydrogen-bond acceptors (Lipinski definition) is 5. The highest BCUT2D eigenvalue weighted by atomic mass is 32.2. The number of esters is 1. The van der Waals surface area contributed by atoms with Crippen molar-refractivity contribution >= 4 is 33.5 Å². The van der Waals surface area contributed by atoms with E-state index >= 15 is 0 Å². The summed E-state index contributed by atoms with van der Waals surface area (Å²) < 4.78 is 29.9. The van der Waals surface area contributed by atoms with Gasteiger partial charge in [-0.3, -0.25) is 10.2 Å². The highest BCUT2D eigenvalue weighted by Crippen LogP contribution is 2.19. The Morgan fingerprint density at radius 2 is 2.26 bits per heavy atom. The zero-order chi connectivity index (χ0) is 14.5. The molecule has 1 unspecified atom stereocenters. The second kappa shape index (κ2) is 6.98. The normalized spacial score (nSPS) is 20.8. The molecule has 0 aromatic carbocycles. The van der Waals surface area contributed by atoms with Gasteiger partial charge in [0, 0.05) is 13.1 Å². The fraction of sp³-hybridized carbons (Fsp3) is 0.778. The molecule has 4 N–H and O–H groups in total. The molecule has 0 aromatic heterocycles. The molecule has 0 spiro atoms. The molecule has 1 aliphatic rings. The van der Waals surface area contributed by atoms with Gasteiger partial charge in [-0.2, -0.15) is 12.7 Å². The molecule has 0 aliphatic carbocycles. The van der Waals surface area contributed by atoms with E-state index < -0.39 is 16.1 Å². The zero-order valence-corrected chi connectivity index (χ0v) is 12.2. The van der Waals surface area contributed by atoms with Gasteiger partial charge >= 0.3 is 5.97 Å². The van der Waals surface area contributed by atoms with Crippen molar-refractivity contribution in [3.8, 4) is 0 Å². The van der Waals surface area contributed by atoms with Gasteiger partial charge in [-0.05, 0) is 32.0 Å². The number of nitrogens with zero attached hydrogens (tertiary/aromatic N) is 1. The average Bonchev–Trinajstić information content (AvgIpc) is 2.37. The van der Waals surface area contributed by atoms with Crippen LogP contribution in [0.25, 0.3) is 0 Å². The molecule has 1 rings (SSSR count). The number of rotatable bonds is 5. The molecular formula is C9H18N4O4S2. The van der Waals surface area contributed by atoms with Crippen LogP contribution in [0.3, 0.4) is 0 Å². The Bertz CT molecular complexity index is 440. The number of ether oxygens (including phenoxy) is 1. The van der Waals surface area contributed by atoms with Crippen LogP contribution in [0.5, 0.6) is 0 Å². The van der Waals surface area contributed by atoms with Gasteiger partial charge in [0.25, 0.3) is 10.2 Å². The van der Waals surface area contributed by atoms with Crippen LogP contribution in [0.1, 0.15) is 19.8 Å². The van der Waals surface area contributed by atoms with E-state index in [1.807, 2.05) is 4.83 Å². The molecule has 110 valence electrons. The lowest BCUT2D eigenvalue weighted by molar-refractivity contribution is -0.149. The first-order valence-electron chi connectivity index (χ1n) is 5.85. The van der Waals surface area contributed by atoms with Crippen molar-refractivity contribution in [2.24, 2.45) is 11.7 Å². The van der Waals surface area contributed by atoms with Crippen LogP contribution in [0, 0.1) is 5.92 Å². The van der Waals surface area contributed by atoms with E-state index in [2.05, 4.69) is 17.6 Å². The van der Waals surface area contributed by atoms with Crippen LogP contribution in [0.4, 0.5) is 0 Å². The fourth-order valence-corrected chi connectivity index (χ4v) is 3.02. The van der Waals surface area contributed by atoms with E-state index in [1.54, 1.807) is 6.92 Å². The number of hydrogen-bond donors (Lipinski definition) is 3. The predicted molar refractivity (Wildman–Crippen MR) is 72.9 cm³/mol. The van der Waals surface area contributed by atoms with Crippen molar-refractivity contribution in [2.45, 2.75) is 19.8 Å². The Hall–Kier alpha value is -0.970. The van der Waals surface area contributed by atoms with E-state index in [0.29, 0.717) is 19.4 Å². The maximum Gasteiger partial charge on any atom is 0.310 e. The summed E-state index contributed by atoms with van der Waals surface area (Å²) in [6, 6.07) is 0. The largest absolute Gasteiger partial charge is 0.466 e. The summed E-state index contributed by atoms with van der Waals surface area (Å²) in [7, 11) is -3.76. The maximum atomic E-state index is 11.9. The molecule has 0 radical (unpaired) electrons. The van der Waals surface area contributed by atoms with E-state index in [-0.39, 0.29) is 24.2 Å². The third-order valence-corrected chi connectivity index (χ3v) is 4.12. The van der Waals surface area contributed by atoms with Crippen molar-refractivity contribution in [1.29, 1.82) is 0 Å². The third-order valence-electron chi connectivity index (χ3n) is 2.65. The van der Waals surface area contributed by atoms with Crippen molar-refractivity contribution in [3.63, 3.8) is 0 Å². The second-order valence-electron chi connectivity index (χ2n) is 4.05. The van der Waals surface area contributed by atoms with Gasteiger partial charge in [0.2, 0.25) is 0 Å². The number of hydrazine groups is 1. The minimum Gasteiger partial charge on any atom is -0.466 e. The molecule has 1 aliphatic heterocycles. The van der Waals surface area contributed by atoms with Gasteiger partial charge in [-0.15, -0.1) is 4.83 Å². The SMILES string of the molecule is CCOC(=O)C1CCCN(S(=O)(=O)NNC(N)=S)C1. The third kappa shape index (κ3) is 4.90. The summed E-state index contributed by atoms with van der Waals surface area (Å²) in [6.45, 7) is 2.42. The van der Waals surface area contributed by atoms with Crippen molar-refractivity contribution in [3.05, 3.63) is 0 Å². The maximum absolute atomic E-state index is 11.9. The lowest BCUT2D eigenvalue weighted by Crippen LogP contribution is -2.53. The number of carbonyl (C=O) groups excluding carboxylic acids is 1. The van der Waals surface area contributed by atoms with E-state index in [0.717, 1.165) is 0 Å². The Morgan fingerprint density at radius 3 is 2.84 bits per heavy atom. The Kier molecular flexibility index (Phi) is 5.91. The number of thiocarbonyl (C=S) groups is 1. The summed E-state index contributed by atoms with van der Waals surface area (Å²) in [5.74, 6) is -0.806. The monoisotopic (exact) mass is 310 g/mol. The second-order valence-corrected chi connectivity index (χ2v) is 6.16. The van der Waals surface area contributed by atoms with Crippen molar-refractivity contribution in [2.75, 3.05) is 19.7 Å². The first-order valence-corrected chi connectivity index (χ1v) is 7.70. The number of piperidine rings is 1. The van der Waals surface area contributed by atoms with Gasteiger partial charge in [0.1, 0.15) is 0 Å². The molecule has 0 saturated carbocycles. The first kappa shape index (κ1) is 16.1. The molecule has 1 atom stereocenters. The van der Waals surface area contributed by atoms with Gasteiger partial charge in [0.15, 0.2) is 5.11 Å². The van der Waals surface area contributed by atoms with Crippen LogP contribution >= 0.6 is 12.2 Å². The molecule has 19 heavy (non-hydrogen) atoms. The summed E-state index contributed by atoms with van der Waals surface area (Å²) >= 11 is 4.51. The van der Waals surface area contributed by atoms with Crippen molar-refractivity contribution in [1.82, 2.24) is 14.6 Å². The fourth-order valence-electron chi connectivity index (χ4n) is 1.79. The smallest absolute Gasteiger partial charge is 0.310 e. The molecule has 8 nitrogen and oxygen atoms in total. The molecule has 1 saturated heterocycles. The molecular weight excluding hydrogens is 292 g/mol. The number of nitrogens with two attached hydrogens (primary N) is 1. The lowest BCUT2D eigenvalue weighted by atomic mass is 10.0. The molecule has 1 heterocycles. The van der Waals surface area contributed by atoms with E-state index in [4.69, 9.17) is 10.5 Å². The van der Waals surface area contributed by atoms with Crippen LogP contribution in [0.2, 0.25) is 0 Å². The zero-order valence-electron chi connectivity index (χ0n) is 10.6. The minimum atomic E-state index is -3.76. The first-order chi connectivity index (χ1) is 8.86. The van der Waals surface area contributed by atoms with Gasteiger partial charge in [0.05, 0.1) is 12.5 Å². The Balaban J connectivity index is 2.63. The molecule has 0 aromatic rings. The standard InChI is InChI=1S/C9H18N4O4S2/c1-2-17-8(14)7-4-3-5-13(6-7)19(15,16)12-11-9(10)18/h7,12H,2-6H2,1H3,(H3,10,11,18). The Morgan fingerprint density at radius 1 is 1.58 bits per heavy atom. The summed E-state index contributed by atoms with van der Waals surface area (Å²) in [5, 5.41) is -0.178. The van der Waals surface area contributed by atoms with Gasteiger partial charge in [-0.1, -0.05) is 0 Å². The van der Waals surface area contributed by atoms with Crippen molar-refractivity contribution < 1.29 is 17.9 Å². The molecule has 0 amide bonds. The average molecular weight is 310 g/mol. The van der Waals surface area contributed by atoms with Crippen LogP contribution in [-0.4, -0.2) is 43.5 Å². The van der Waals surface area contributed by atoms with Crippen LogP contribution < -0.4 is 16.0 Å². The lowest BCUT2D eigenvalue weighted by Gasteiger charge is -2.30. The molecule has 1 fully saturated rings. The van der Waals surface area contributed by atoms with E-state index in [9.17, 15) is 13.2 Å². The highest BCUT2D eigenvalue weighted by Gasteiger charge is 2.33. The summed E-state index contributed by atoms with van der Waals surface area (Å²) in [5.41, 5.74) is 7.31.